The summed E-state index contributed by atoms with van der Waals surface area (Å²) in [5.41, 5.74) is 3.03. The number of benzene rings is 3. The third-order valence-electron chi connectivity index (χ3n) is 4.69. The largest absolute Gasteiger partial charge is 0.481 e. The van der Waals surface area contributed by atoms with E-state index in [-0.39, 0.29) is 10.8 Å². The van der Waals surface area contributed by atoms with E-state index in [0.717, 1.165) is 11.1 Å². The van der Waals surface area contributed by atoms with Gasteiger partial charge in [0.25, 0.3) is 15.9 Å². The molecule has 0 bridgehead atoms. The van der Waals surface area contributed by atoms with Gasteiger partial charge in [0.05, 0.1) is 4.90 Å². The van der Waals surface area contributed by atoms with Gasteiger partial charge >= 0.3 is 0 Å². The smallest absolute Gasteiger partial charge is 0.265 e. The number of aryl methyl sites for hydroxylation is 1. The van der Waals surface area contributed by atoms with E-state index in [9.17, 15) is 13.2 Å². The van der Waals surface area contributed by atoms with Gasteiger partial charge < -0.3 is 10.1 Å². The number of carbonyl (C=O) groups is 1. The van der Waals surface area contributed by atoms with Crippen LogP contribution >= 0.6 is 0 Å². The number of anilines is 2. The molecule has 0 fully saturated rings. The zero-order chi connectivity index (χ0) is 21.7. The highest BCUT2D eigenvalue weighted by atomic mass is 32.2. The minimum Gasteiger partial charge on any atom is -0.481 e. The van der Waals surface area contributed by atoms with E-state index in [1.54, 1.807) is 49.4 Å². The maximum Gasteiger partial charge on any atom is 0.265 e. The summed E-state index contributed by atoms with van der Waals surface area (Å²) in [6.45, 7) is 5.59. The van der Waals surface area contributed by atoms with E-state index in [0.29, 0.717) is 17.1 Å². The number of sulfonamides is 1. The number of amides is 1. The standard InChI is InChI=1S/C23H24N2O4S/c1-16-8-7-11-22(17(16)2)29-18(3)23(26)24-19-12-14-21(15-13-19)30(27,28)25-20-9-5-4-6-10-20/h4-15,18,25H,1-3H3,(H,24,26). The first-order valence-electron chi connectivity index (χ1n) is 9.48. The van der Waals surface area contributed by atoms with E-state index in [1.807, 2.05) is 32.0 Å². The zero-order valence-electron chi connectivity index (χ0n) is 17.0. The van der Waals surface area contributed by atoms with Crippen molar-refractivity contribution in [3.63, 3.8) is 0 Å². The molecule has 0 heterocycles. The maximum absolute atomic E-state index is 12.5. The Morgan fingerprint density at radius 1 is 0.867 bits per heavy atom. The number of para-hydroxylation sites is 1. The van der Waals surface area contributed by atoms with Crippen molar-refractivity contribution in [2.75, 3.05) is 10.0 Å². The van der Waals surface area contributed by atoms with Gasteiger partial charge in [0.1, 0.15) is 5.75 Å². The summed E-state index contributed by atoms with van der Waals surface area (Å²) >= 11 is 0. The summed E-state index contributed by atoms with van der Waals surface area (Å²) in [5.74, 6) is 0.333. The maximum atomic E-state index is 12.5. The first kappa shape index (κ1) is 21.4. The lowest BCUT2D eigenvalue weighted by atomic mass is 10.1. The van der Waals surface area contributed by atoms with Crippen LogP contribution in [0, 0.1) is 13.8 Å². The van der Waals surface area contributed by atoms with E-state index in [1.165, 1.54) is 12.1 Å². The summed E-state index contributed by atoms with van der Waals surface area (Å²) in [5, 5.41) is 2.75. The van der Waals surface area contributed by atoms with Crippen LogP contribution in [-0.2, 0) is 14.8 Å². The summed E-state index contributed by atoms with van der Waals surface area (Å²) in [7, 11) is -3.71. The first-order valence-corrected chi connectivity index (χ1v) is 11.0. The molecular weight excluding hydrogens is 400 g/mol. The van der Waals surface area contributed by atoms with Crippen LogP contribution in [-0.4, -0.2) is 20.4 Å². The predicted octanol–water partition coefficient (Wildman–Crippen LogP) is 4.51. The van der Waals surface area contributed by atoms with Crippen LogP contribution in [0.15, 0.2) is 77.7 Å². The summed E-state index contributed by atoms with van der Waals surface area (Å²) in [6, 6.07) is 20.3. The zero-order valence-corrected chi connectivity index (χ0v) is 17.9. The second-order valence-corrected chi connectivity index (χ2v) is 8.63. The molecule has 0 saturated heterocycles. The van der Waals surface area contributed by atoms with Crippen LogP contribution in [0.25, 0.3) is 0 Å². The van der Waals surface area contributed by atoms with Crippen LogP contribution in [0.4, 0.5) is 11.4 Å². The number of hydrogen-bond acceptors (Lipinski definition) is 4. The Kier molecular flexibility index (Phi) is 6.42. The van der Waals surface area contributed by atoms with Gasteiger partial charge in [0.15, 0.2) is 6.10 Å². The average molecular weight is 425 g/mol. The molecule has 0 saturated carbocycles. The van der Waals surface area contributed by atoms with Gasteiger partial charge in [-0.1, -0.05) is 30.3 Å². The van der Waals surface area contributed by atoms with Crippen LogP contribution in [0.5, 0.6) is 5.75 Å². The number of rotatable bonds is 7. The third kappa shape index (κ3) is 5.18. The Balaban J connectivity index is 1.64. The van der Waals surface area contributed by atoms with E-state index < -0.39 is 16.1 Å². The quantitative estimate of drug-likeness (QED) is 0.584. The Morgan fingerprint density at radius 2 is 1.53 bits per heavy atom. The van der Waals surface area contributed by atoms with Gasteiger partial charge in [0.2, 0.25) is 0 Å². The van der Waals surface area contributed by atoms with Crippen molar-refractivity contribution >= 4 is 27.3 Å². The van der Waals surface area contributed by atoms with Crippen molar-refractivity contribution in [3.8, 4) is 5.75 Å². The van der Waals surface area contributed by atoms with E-state index in [4.69, 9.17) is 4.74 Å². The molecule has 1 atom stereocenters. The lowest BCUT2D eigenvalue weighted by Gasteiger charge is -2.17. The predicted molar refractivity (Wildman–Crippen MR) is 118 cm³/mol. The van der Waals surface area contributed by atoms with Gasteiger partial charge in [-0.05, 0) is 74.4 Å². The van der Waals surface area contributed by atoms with Crippen LogP contribution in [0.3, 0.4) is 0 Å². The molecule has 0 aliphatic heterocycles. The normalized spacial score (nSPS) is 12.1. The fraction of sp³-hybridized carbons (Fsp3) is 0.174. The fourth-order valence-corrected chi connectivity index (χ4v) is 3.84. The van der Waals surface area contributed by atoms with Gasteiger partial charge in [-0.2, -0.15) is 0 Å². The monoisotopic (exact) mass is 424 g/mol. The molecule has 3 rings (SSSR count). The molecule has 0 radical (unpaired) electrons. The lowest BCUT2D eigenvalue weighted by Crippen LogP contribution is -2.30. The van der Waals surface area contributed by atoms with E-state index >= 15 is 0 Å². The van der Waals surface area contributed by atoms with Gasteiger partial charge in [-0.25, -0.2) is 8.42 Å². The van der Waals surface area contributed by atoms with Crippen molar-refractivity contribution in [2.45, 2.75) is 31.8 Å². The Hall–Kier alpha value is -3.32. The van der Waals surface area contributed by atoms with E-state index in [2.05, 4.69) is 10.0 Å². The molecule has 0 aliphatic carbocycles. The van der Waals surface area contributed by atoms with Gasteiger partial charge in [-0.15, -0.1) is 0 Å². The van der Waals surface area contributed by atoms with Gasteiger partial charge in [-0.3, -0.25) is 9.52 Å². The molecule has 6 nitrogen and oxygen atoms in total. The second kappa shape index (κ2) is 9.00. The Morgan fingerprint density at radius 3 is 2.20 bits per heavy atom. The number of hydrogen-bond donors (Lipinski definition) is 2. The molecule has 3 aromatic rings. The third-order valence-corrected chi connectivity index (χ3v) is 6.08. The second-order valence-electron chi connectivity index (χ2n) is 6.94. The average Bonchev–Trinajstić information content (AvgIpc) is 2.72. The van der Waals surface area contributed by atoms with Crippen LogP contribution < -0.4 is 14.8 Å². The first-order chi connectivity index (χ1) is 14.3. The molecule has 0 spiro atoms. The van der Waals surface area contributed by atoms with Crippen LogP contribution in [0.1, 0.15) is 18.1 Å². The molecule has 0 aliphatic rings. The summed E-state index contributed by atoms with van der Waals surface area (Å²) < 4.78 is 33.3. The van der Waals surface area contributed by atoms with Crippen molar-refractivity contribution < 1.29 is 17.9 Å². The molecule has 156 valence electrons. The highest BCUT2D eigenvalue weighted by molar-refractivity contribution is 7.92. The molecule has 3 aromatic carbocycles. The van der Waals surface area contributed by atoms with Crippen LogP contribution in [0.2, 0.25) is 0 Å². The van der Waals surface area contributed by atoms with Crippen molar-refractivity contribution in [1.29, 1.82) is 0 Å². The highest BCUT2D eigenvalue weighted by Crippen LogP contribution is 2.22. The van der Waals surface area contributed by atoms with Crippen molar-refractivity contribution in [1.82, 2.24) is 0 Å². The Labute approximate surface area is 177 Å². The number of nitrogens with one attached hydrogen (secondary N) is 2. The molecule has 1 unspecified atom stereocenters. The van der Waals surface area contributed by atoms with Crippen molar-refractivity contribution in [2.24, 2.45) is 0 Å². The molecule has 0 aromatic heterocycles. The summed E-state index contributed by atoms with van der Waals surface area (Å²) in [6.07, 6.45) is -0.714. The number of ether oxygens (including phenoxy) is 1. The fourth-order valence-electron chi connectivity index (χ4n) is 2.78. The molecule has 30 heavy (non-hydrogen) atoms. The van der Waals surface area contributed by atoms with Crippen molar-refractivity contribution in [3.05, 3.63) is 83.9 Å². The Bertz CT molecular complexity index is 1130. The summed E-state index contributed by atoms with van der Waals surface area (Å²) in [4.78, 5) is 12.6. The molecular formula is C23H24N2O4S. The minimum atomic E-state index is -3.71. The minimum absolute atomic E-state index is 0.101. The number of carbonyl (C=O) groups excluding carboxylic acids is 1. The molecule has 7 heteroatoms. The topological polar surface area (TPSA) is 84.5 Å². The molecule has 2 N–H and O–H groups in total. The lowest BCUT2D eigenvalue weighted by molar-refractivity contribution is -0.122. The van der Waals surface area contributed by atoms with Gasteiger partial charge in [0, 0.05) is 11.4 Å². The highest BCUT2D eigenvalue weighted by Gasteiger charge is 2.18. The SMILES string of the molecule is Cc1cccc(OC(C)C(=O)Nc2ccc(S(=O)(=O)Nc3ccccc3)cc2)c1C. The molecule has 1 amide bonds.